The molecule has 2 saturated heterocycles. The highest BCUT2D eigenvalue weighted by atomic mass is 32.2. The van der Waals surface area contributed by atoms with Crippen molar-refractivity contribution in [2.24, 2.45) is 0 Å². The van der Waals surface area contributed by atoms with Crippen molar-refractivity contribution >= 4 is 23.6 Å². The van der Waals surface area contributed by atoms with Crippen molar-refractivity contribution in [1.29, 1.82) is 0 Å². The molecule has 0 bridgehead atoms. The molecule has 0 saturated carbocycles. The van der Waals surface area contributed by atoms with E-state index in [2.05, 4.69) is 0 Å². The maximum Gasteiger partial charge on any atom is 0.416 e. The Morgan fingerprint density at radius 2 is 1.79 bits per heavy atom. The second-order valence-corrected chi connectivity index (χ2v) is 11.7. The third-order valence-corrected chi connectivity index (χ3v) is 7.96. The summed E-state index contributed by atoms with van der Waals surface area (Å²) in [6, 6.07) is 14.1. The largest absolute Gasteiger partial charge is 0.416 e. The third kappa shape index (κ3) is 7.30. The molecule has 2 aromatic rings. The number of hydrogen-bond donors (Lipinski definition) is 1. The minimum Gasteiger partial charge on any atom is -0.389 e. The molecule has 38 heavy (non-hydrogen) atoms. The summed E-state index contributed by atoms with van der Waals surface area (Å²) >= 11 is 1.62. The highest BCUT2D eigenvalue weighted by Crippen LogP contribution is 2.31. The Morgan fingerprint density at radius 3 is 2.47 bits per heavy atom. The summed E-state index contributed by atoms with van der Waals surface area (Å²) in [7, 11) is 0. The monoisotopic (exact) mass is 549 g/mol. The molecule has 2 aromatic carbocycles. The van der Waals surface area contributed by atoms with Gasteiger partial charge in [0.05, 0.1) is 29.8 Å². The van der Waals surface area contributed by atoms with Gasteiger partial charge in [0.15, 0.2) is 0 Å². The molecular weight excluding hydrogens is 515 g/mol. The van der Waals surface area contributed by atoms with Gasteiger partial charge in [-0.15, -0.1) is 11.8 Å². The first-order valence-corrected chi connectivity index (χ1v) is 13.9. The van der Waals surface area contributed by atoms with Crippen molar-refractivity contribution in [1.82, 2.24) is 14.7 Å². The summed E-state index contributed by atoms with van der Waals surface area (Å²) in [5, 5.41) is 10.3. The van der Waals surface area contributed by atoms with E-state index in [4.69, 9.17) is 0 Å². The fourth-order valence-electron chi connectivity index (χ4n) is 5.10. The predicted molar refractivity (Wildman–Crippen MR) is 141 cm³/mol. The molecule has 206 valence electrons. The van der Waals surface area contributed by atoms with Gasteiger partial charge in [0.2, 0.25) is 11.8 Å². The van der Waals surface area contributed by atoms with Crippen LogP contribution in [0.3, 0.4) is 0 Å². The van der Waals surface area contributed by atoms with Crippen molar-refractivity contribution in [2.75, 3.05) is 31.3 Å². The summed E-state index contributed by atoms with van der Waals surface area (Å²) in [5.74, 6) is 0.791. The summed E-state index contributed by atoms with van der Waals surface area (Å²) in [6.45, 7) is 4.00. The first kappa shape index (κ1) is 28.4. The molecule has 1 N–H and O–H groups in total. The Balaban J connectivity index is 1.53. The van der Waals surface area contributed by atoms with Gasteiger partial charge in [-0.05, 0) is 49.9 Å². The van der Waals surface area contributed by atoms with Gasteiger partial charge in [0.1, 0.15) is 0 Å². The van der Waals surface area contributed by atoms with E-state index in [1.54, 1.807) is 41.5 Å². The first-order valence-electron chi connectivity index (χ1n) is 12.7. The van der Waals surface area contributed by atoms with E-state index in [0.29, 0.717) is 43.1 Å². The number of nitrogens with zero attached hydrogens (tertiary/aromatic N) is 3. The predicted octanol–water partition coefficient (Wildman–Crippen LogP) is 4.02. The average molecular weight is 550 g/mol. The van der Waals surface area contributed by atoms with E-state index in [9.17, 15) is 27.9 Å². The van der Waals surface area contributed by atoms with Crippen LogP contribution in [0.15, 0.2) is 54.6 Å². The maximum atomic E-state index is 13.6. The molecule has 2 aliphatic heterocycles. The molecule has 2 atom stereocenters. The number of alkyl halides is 3. The fourth-order valence-corrected chi connectivity index (χ4v) is 6.28. The summed E-state index contributed by atoms with van der Waals surface area (Å²) < 4.78 is 39.9. The zero-order valence-electron chi connectivity index (χ0n) is 21.7. The van der Waals surface area contributed by atoms with Crippen LogP contribution in [-0.2, 0) is 28.7 Å². The maximum absolute atomic E-state index is 13.6. The highest BCUT2D eigenvalue weighted by Gasteiger charge is 2.41. The molecule has 0 aromatic heterocycles. The summed E-state index contributed by atoms with van der Waals surface area (Å²) in [5.41, 5.74) is -0.212. The second-order valence-electron chi connectivity index (χ2n) is 10.7. The number of carbonyl (C=O) groups is 2. The lowest BCUT2D eigenvalue weighted by Gasteiger charge is -2.43. The normalized spacial score (nSPS) is 21.3. The second kappa shape index (κ2) is 11.7. The van der Waals surface area contributed by atoms with Gasteiger partial charge in [-0.3, -0.25) is 14.5 Å². The number of aryl methyl sites for hydroxylation is 1. The topological polar surface area (TPSA) is 64.1 Å². The molecule has 0 aliphatic carbocycles. The van der Waals surface area contributed by atoms with Gasteiger partial charge in [-0.25, -0.2) is 0 Å². The average Bonchev–Trinajstić information content (AvgIpc) is 3.30. The molecule has 10 heteroatoms. The smallest absolute Gasteiger partial charge is 0.389 e. The van der Waals surface area contributed by atoms with Crippen LogP contribution < -0.4 is 0 Å². The molecule has 2 heterocycles. The molecule has 2 fully saturated rings. The first-order chi connectivity index (χ1) is 17.9. The lowest BCUT2D eigenvalue weighted by Crippen LogP contribution is -2.60. The minimum absolute atomic E-state index is 0.0499. The van der Waals surface area contributed by atoms with Crippen LogP contribution in [-0.4, -0.2) is 80.6 Å². The number of benzene rings is 2. The molecule has 0 spiro atoms. The summed E-state index contributed by atoms with van der Waals surface area (Å²) in [4.78, 5) is 32.1. The fraction of sp³-hybridized carbons (Fsp3) is 0.500. The zero-order valence-corrected chi connectivity index (χ0v) is 22.5. The van der Waals surface area contributed by atoms with Gasteiger partial charge < -0.3 is 14.9 Å². The number of hydrogen-bond acceptors (Lipinski definition) is 5. The molecule has 2 amide bonds. The zero-order chi connectivity index (χ0) is 27.5. The standard InChI is InChI=1S/C28H34F3N3O3S/c1-27(2,37)18-33-19-38-17-24(33)26(36)32-15-23(12-11-20-7-4-3-5-8-20)34(25(35)16-32)14-21-9-6-10-22(13-21)28(29,30)31/h3-10,13,23-24,37H,11-12,14-19H2,1-2H3/t23-,24-/m0/s1. The number of piperazine rings is 1. The lowest BCUT2D eigenvalue weighted by molar-refractivity contribution is -0.152. The Labute approximate surface area is 225 Å². The van der Waals surface area contributed by atoms with E-state index in [-0.39, 0.29) is 30.9 Å². The molecule has 0 radical (unpaired) electrons. The van der Waals surface area contributed by atoms with E-state index in [1.807, 2.05) is 35.2 Å². The van der Waals surface area contributed by atoms with Gasteiger partial charge in [0.25, 0.3) is 0 Å². The molecule has 0 unspecified atom stereocenters. The lowest BCUT2D eigenvalue weighted by atomic mass is 9.99. The van der Waals surface area contributed by atoms with E-state index in [0.717, 1.165) is 17.7 Å². The Kier molecular flexibility index (Phi) is 8.74. The SMILES string of the molecule is CC(C)(O)CN1CSC[C@H]1C(=O)N1CC(=O)N(Cc2cccc(C(F)(F)F)c2)[C@@H](CCc2ccccc2)C1. The number of β-amino-alcohol motifs (C(OH)–C–C–N with tert-alkyl or cyclic N) is 1. The van der Waals surface area contributed by atoms with Crippen LogP contribution in [0.4, 0.5) is 13.2 Å². The third-order valence-electron chi connectivity index (χ3n) is 6.90. The van der Waals surface area contributed by atoms with E-state index >= 15 is 0 Å². The Morgan fingerprint density at radius 1 is 1.08 bits per heavy atom. The van der Waals surface area contributed by atoms with Crippen molar-refractivity contribution in [2.45, 2.75) is 57.1 Å². The van der Waals surface area contributed by atoms with Crippen LogP contribution >= 0.6 is 11.8 Å². The Hall–Kier alpha value is -2.56. The number of rotatable bonds is 8. The van der Waals surface area contributed by atoms with Gasteiger partial charge in [-0.1, -0.05) is 42.5 Å². The number of aliphatic hydroxyl groups is 1. The van der Waals surface area contributed by atoms with E-state index in [1.165, 1.54) is 6.07 Å². The van der Waals surface area contributed by atoms with Crippen molar-refractivity contribution in [3.63, 3.8) is 0 Å². The van der Waals surface area contributed by atoms with Crippen LogP contribution in [0.5, 0.6) is 0 Å². The molecule has 6 nitrogen and oxygen atoms in total. The van der Waals surface area contributed by atoms with Crippen LogP contribution in [0.1, 0.15) is 37.0 Å². The van der Waals surface area contributed by atoms with Crippen LogP contribution in [0.25, 0.3) is 0 Å². The van der Waals surface area contributed by atoms with Gasteiger partial charge in [-0.2, -0.15) is 13.2 Å². The van der Waals surface area contributed by atoms with Crippen molar-refractivity contribution in [3.05, 3.63) is 71.3 Å². The minimum atomic E-state index is -4.47. The van der Waals surface area contributed by atoms with Gasteiger partial charge >= 0.3 is 6.18 Å². The van der Waals surface area contributed by atoms with Crippen molar-refractivity contribution < 1.29 is 27.9 Å². The molecule has 2 aliphatic rings. The summed E-state index contributed by atoms with van der Waals surface area (Å²) in [6.07, 6.45) is -3.22. The number of halogens is 3. The quantitative estimate of drug-likeness (QED) is 0.539. The van der Waals surface area contributed by atoms with Crippen molar-refractivity contribution in [3.8, 4) is 0 Å². The van der Waals surface area contributed by atoms with Gasteiger partial charge in [0, 0.05) is 31.3 Å². The van der Waals surface area contributed by atoms with Crippen LogP contribution in [0.2, 0.25) is 0 Å². The number of carbonyl (C=O) groups excluding carboxylic acids is 2. The highest BCUT2D eigenvalue weighted by molar-refractivity contribution is 7.99. The van der Waals surface area contributed by atoms with E-state index < -0.39 is 23.4 Å². The van der Waals surface area contributed by atoms with Crippen LogP contribution in [0, 0.1) is 0 Å². The molecule has 4 rings (SSSR count). The number of thioether (sulfide) groups is 1. The Bertz CT molecular complexity index is 1120. The number of amides is 2. The molecular formula is C28H34F3N3O3S.